The number of benzene rings is 2. The van der Waals surface area contributed by atoms with E-state index in [1.807, 2.05) is 12.1 Å². The summed E-state index contributed by atoms with van der Waals surface area (Å²) in [6, 6.07) is 6.68. The predicted molar refractivity (Wildman–Crippen MR) is 100.0 cm³/mol. The first-order chi connectivity index (χ1) is 12.6. The highest BCUT2D eigenvalue weighted by atomic mass is 35.5. The Hall–Kier alpha value is -2.57. The van der Waals surface area contributed by atoms with Gasteiger partial charge in [0.05, 0.1) is 29.8 Å². The van der Waals surface area contributed by atoms with Gasteiger partial charge < -0.3 is 19.2 Å². The maximum atomic E-state index is 13.9. The molecule has 0 radical (unpaired) electrons. The Labute approximate surface area is 153 Å². The molecule has 2 heterocycles. The number of hydrogen-bond acceptors (Lipinski definition) is 4. The largest absolute Gasteiger partial charge is 0.493 e. The molecule has 0 aliphatic rings. The zero-order chi connectivity index (χ0) is 18.3. The molecule has 4 rings (SSSR count). The Kier molecular flexibility index (Phi) is 4.30. The second-order valence-electron chi connectivity index (χ2n) is 5.85. The van der Waals surface area contributed by atoms with Gasteiger partial charge in [0.2, 0.25) is 0 Å². The van der Waals surface area contributed by atoms with Gasteiger partial charge >= 0.3 is 0 Å². The summed E-state index contributed by atoms with van der Waals surface area (Å²) >= 11 is 5.91. The Morgan fingerprint density at radius 2 is 1.88 bits per heavy atom. The van der Waals surface area contributed by atoms with Gasteiger partial charge in [-0.3, -0.25) is 4.98 Å². The highest BCUT2D eigenvalue weighted by Crippen LogP contribution is 2.37. The third-order valence-corrected chi connectivity index (χ3v) is 4.60. The summed E-state index contributed by atoms with van der Waals surface area (Å²) in [4.78, 5) is 7.80. The Morgan fingerprint density at radius 1 is 1.04 bits per heavy atom. The van der Waals surface area contributed by atoms with E-state index in [0.29, 0.717) is 24.7 Å². The van der Waals surface area contributed by atoms with E-state index in [1.54, 1.807) is 26.5 Å². The summed E-state index contributed by atoms with van der Waals surface area (Å²) in [5.74, 6) is 0.721. The SMILES string of the molecule is COCCOc1cc2c(cc1OC)ncc1c3cc(F)c(Cl)cc3[nH]c21. The molecule has 0 bridgehead atoms. The van der Waals surface area contributed by atoms with Crippen molar-refractivity contribution in [2.45, 2.75) is 0 Å². The summed E-state index contributed by atoms with van der Waals surface area (Å²) < 4.78 is 30.1. The summed E-state index contributed by atoms with van der Waals surface area (Å²) in [7, 11) is 3.19. The summed E-state index contributed by atoms with van der Waals surface area (Å²) in [5, 5.41) is 2.47. The number of ether oxygens (including phenoxy) is 3. The quantitative estimate of drug-likeness (QED) is 0.515. The molecule has 0 fully saturated rings. The maximum Gasteiger partial charge on any atom is 0.162 e. The average molecular weight is 375 g/mol. The molecule has 0 atom stereocenters. The van der Waals surface area contributed by atoms with Crippen LogP contribution in [-0.4, -0.2) is 37.4 Å². The van der Waals surface area contributed by atoms with E-state index in [2.05, 4.69) is 9.97 Å². The minimum absolute atomic E-state index is 0.0755. The molecule has 0 spiro atoms. The van der Waals surface area contributed by atoms with Gasteiger partial charge in [0.25, 0.3) is 0 Å². The van der Waals surface area contributed by atoms with Crippen LogP contribution in [-0.2, 0) is 4.74 Å². The number of nitrogens with zero attached hydrogens (tertiary/aromatic N) is 1. The van der Waals surface area contributed by atoms with Gasteiger partial charge in [-0.15, -0.1) is 0 Å². The predicted octanol–water partition coefficient (Wildman–Crippen LogP) is 4.70. The number of aromatic nitrogens is 2. The second-order valence-corrected chi connectivity index (χ2v) is 6.25. The van der Waals surface area contributed by atoms with E-state index in [0.717, 1.165) is 32.7 Å². The zero-order valence-electron chi connectivity index (χ0n) is 14.2. The number of methoxy groups -OCH3 is 2. The summed E-state index contributed by atoms with van der Waals surface area (Å²) in [6.07, 6.45) is 1.72. The smallest absolute Gasteiger partial charge is 0.162 e. The number of rotatable bonds is 5. The van der Waals surface area contributed by atoms with Crippen LogP contribution in [0.3, 0.4) is 0 Å². The van der Waals surface area contributed by atoms with Crippen LogP contribution in [0, 0.1) is 5.82 Å². The van der Waals surface area contributed by atoms with Crippen LogP contribution in [0.5, 0.6) is 11.5 Å². The first-order valence-corrected chi connectivity index (χ1v) is 8.39. The number of fused-ring (bicyclic) bond motifs is 5. The van der Waals surface area contributed by atoms with E-state index >= 15 is 0 Å². The topological polar surface area (TPSA) is 56.4 Å². The number of nitrogens with one attached hydrogen (secondary N) is 1. The molecule has 0 saturated heterocycles. The lowest BCUT2D eigenvalue weighted by Gasteiger charge is -2.12. The lowest BCUT2D eigenvalue weighted by molar-refractivity contribution is 0.144. The van der Waals surface area contributed by atoms with Crippen molar-refractivity contribution in [3.05, 3.63) is 41.3 Å². The molecule has 4 aromatic rings. The average Bonchev–Trinajstić information content (AvgIpc) is 2.99. The zero-order valence-corrected chi connectivity index (χ0v) is 15.0. The van der Waals surface area contributed by atoms with Crippen LogP contribution in [0.15, 0.2) is 30.5 Å². The molecule has 2 aromatic carbocycles. The first-order valence-electron chi connectivity index (χ1n) is 8.01. The second kappa shape index (κ2) is 6.63. The van der Waals surface area contributed by atoms with Gasteiger partial charge in [-0.2, -0.15) is 0 Å². The number of hydrogen-bond donors (Lipinski definition) is 1. The van der Waals surface area contributed by atoms with Gasteiger partial charge in [-0.25, -0.2) is 4.39 Å². The lowest BCUT2D eigenvalue weighted by Crippen LogP contribution is -2.05. The minimum Gasteiger partial charge on any atom is -0.493 e. The van der Waals surface area contributed by atoms with E-state index in [9.17, 15) is 4.39 Å². The Balaban J connectivity index is 1.96. The van der Waals surface area contributed by atoms with E-state index < -0.39 is 5.82 Å². The van der Waals surface area contributed by atoms with Crippen molar-refractivity contribution in [1.29, 1.82) is 0 Å². The molecule has 1 N–H and O–H groups in total. The van der Waals surface area contributed by atoms with Gasteiger partial charge in [0.15, 0.2) is 11.5 Å². The highest BCUT2D eigenvalue weighted by molar-refractivity contribution is 6.32. The first kappa shape index (κ1) is 16.9. The van der Waals surface area contributed by atoms with Crippen molar-refractivity contribution in [3.63, 3.8) is 0 Å². The van der Waals surface area contributed by atoms with Gasteiger partial charge in [-0.1, -0.05) is 11.6 Å². The van der Waals surface area contributed by atoms with Gasteiger partial charge in [0.1, 0.15) is 12.4 Å². The van der Waals surface area contributed by atoms with Crippen molar-refractivity contribution >= 4 is 44.3 Å². The number of pyridine rings is 1. The lowest BCUT2D eigenvalue weighted by atomic mass is 10.1. The molecule has 0 aliphatic carbocycles. The fraction of sp³-hybridized carbons (Fsp3) is 0.211. The third-order valence-electron chi connectivity index (χ3n) is 4.31. The Morgan fingerprint density at radius 3 is 2.65 bits per heavy atom. The molecule has 0 saturated carbocycles. The Bertz CT molecular complexity index is 1130. The fourth-order valence-corrected chi connectivity index (χ4v) is 3.22. The molecule has 0 aliphatic heterocycles. The van der Waals surface area contributed by atoms with Gasteiger partial charge in [-0.05, 0) is 18.2 Å². The van der Waals surface area contributed by atoms with Crippen LogP contribution >= 0.6 is 11.6 Å². The van der Waals surface area contributed by atoms with E-state index in [4.69, 9.17) is 25.8 Å². The molecule has 7 heteroatoms. The molecular weight excluding hydrogens is 359 g/mol. The van der Waals surface area contributed by atoms with Crippen LogP contribution in [0.25, 0.3) is 32.7 Å². The van der Waals surface area contributed by atoms with Crippen LogP contribution in [0.1, 0.15) is 0 Å². The van der Waals surface area contributed by atoms with Crippen molar-refractivity contribution in [2.75, 3.05) is 27.4 Å². The number of H-pyrrole nitrogens is 1. The monoisotopic (exact) mass is 374 g/mol. The standard InChI is InChI=1S/C19H16ClFN2O3/c1-24-3-4-26-18-6-11-15(8-17(18)25-2)22-9-12-10-5-14(21)13(20)7-16(10)23-19(11)12/h5-9,23H,3-4H2,1-2H3. The highest BCUT2D eigenvalue weighted by Gasteiger charge is 2.15. The summed E-state index contributed by atoms with van der Waals surface area (Å²) in [6.45, 7) is 0.864. The van der Waals surface area contributed by atoms with Crippen molar-refractivity contribution in [2.24, 2.45) is 0 Å². The van der Waals surface area contributed by atoms with Crippen molar-refractivity contribution < 1.29 is 18.6 Å². The molecule has 134 valence electrons. The number of aromatic amines is 1. The van der Waals surface area contributed by atoms with Crippen LogP contribution < -0.4 is 9.47 Å². The fourth-order valence-electron chi connectivity index (χ4n) is 3.05. The molecular formula is C19H16ClFN2O3. The minimum atomic E-state index is -0.460. The molecule has 0 amide bonds. The molecule has 26 heavy (non-hydrogen) atoms. The van der Waals surface area contributed by atoms with Crippen molar-refractivity contribution in [1.82, 2.24) is 9.97 Å². The number of halogens is 2. The van der Waals surface area contributed by atoms with Crippen LogP contribution in [0.4, 0.5) is 4.39 Å². The third kappa shape index (κ3) is 2.71. The van der Waals surface area contributed by atoms with Crippen molar-refractivity contribution in [3.8, 4) is 11.5 Å². The molecule has 5 nitrogen and oxygen atoms in total. The molecule has 2 aromatic heterocycles. The normalized spacial score (nSPS) is 11.5. The van der Waals surface area contributed by atoms with E-state index in [-0.39, 0.29) is 5.02 Å². The molecule has 0 unspecified atom stereocenters. The van der Waals surface area contributed by atoms with Crippen LogP contribution in [0.2, 0.25) is 5.02 Å². The van der Waals surface area contributed by atoms with E-state index in [1.165, 1.54) is 6.07 Å². The summed E-state index contributed by atoms with van der Waals surface area (Å²) in [5.41, 5.74) is 2.33. The van der Waals surface area contributed by atoms with Gasteiger partial charge in [0, 0.05) is 41.0 Å². The maximum absolute atomic E-state index is 13.9.